The van der Waals surface area contributed by atoms with Gasteiger partial charge < -0.3 is 28.6 Å². The van der Waals surface area contributed by atoms with E-state index in [0.717, 1.165) is 89.9 Å². The first kappa shape index (κ1) is 57.5. The summed E-state index contributed by atoms with van der Waals surface area (Å²) in [5.41, 5.74) is 0. The van der Waals surface area contributed by atoms with Crippen molar-refractivity contribution in [2.45, 2.75) is 193 Å². The Kier molecular flexibility index (Phi) is 40.7. The van der Waals surface area contributed by atoms with E-state index in [9.17, 15) is 19.5 Å². The van der Waals surface area contributed by atoms with Crippen molar-refractivity contribution in [3.8, 4) is 0 Å². The Morgan fingerprint density at radius 3 is 1.41 bits per heavy atom. The van der Waals surface area contributed by atoms with E-state index >= 15 is 0 Å². The molecule has 0 aromatic heterocycles. The first-order valence-corrected chi connectivity index (χ1v) is 24.1. The molecule has 0 saturated carbocycles. The summed E-state index contributed by atoms with van der Waals surface area (Å²) in [6.07, 6.45) is 56.1. The van der Waals surface area contributed by atoms with E-state index in [4.69, 9.17) is 14.2 Å². The molecule has 0 aromatic rings. The second kappa shape index (κ2) is 43.2. The summed E-state index contributed by atoms with van der Waals surface area (Å²) in [7, 11) is 5.39. The number of hydrogen-bond donors (Lipinski definition) is 0. The lowest BCUT2D eigenvalue weighted by Gasteiger charge is -2.34. The molecule has 8 heteroatoms. The third-order valence-electron chi connectivity index (χ3n) is 10.3. The van der Waals surface area contributed by atoms with Crippen molar-refractivity contribution in [1.82, 2.24) is 0 Å². The molecule has 0 bridgehead atoms. The van der Waals surface area contributed by atoms with Crippen LogP contribution in [0, 0.1) is 0 Å². The normalized spacial score (nSPS) is 13.7. The molecule has 0 heterocycles. The second-order valence-corrected chi connectivity index (χ2v) is 17.0. The number of rotatable bonds is 42. The minimum Gasteiger partial charge on any atom is -0.544 e. The Morgan fingerprint density at radius 2 is 0.918 bits per heavy atom. The van der Waals surface area contributed by atoms with Gasteiger partial charge in [0.1, 0.15) is 12.6 Å². The number of carbonyl (C=O) groups excluding carboxylic acids is 3. The molecular weight excluding hydrogens is 763 g/mol. The van der Waals surface area contributed by atoms with E-state index < -0.39 is 18.1 Å². The number of esters is 2. The zero-order valence-electron chi connectivity index (χ0n) is 39.5. The lowest BCUT2D eigenvalue weighted by atomic mass is 10.1. The molecule has 0 aromatic carbocycles. The summed E-state index contributed by atoms with van der Waals surface area (Å²) < 4.78 is 17.2. The van der Waals surface area contributed by atoms with Crippen molar-refractivity contribution in [1.29, 1.82) is 0 Å². The van der Waals surface area contributed by atoms with Gasteiger partial charge in [-0.1, -0.05) is 157 Å². The average molecular weight is 852 g/mol. The van der Waals surface area contributed by atoms with E-state index in [1.54, 1.807) is 21.1 Å². The number of hydrogen-bond acceptors (Lipinski definition) is 7. The number of likely N-dealkylation sites (N-methyl/N-ethyl adjacent to an activating group) is 1. The van der Waals surface area contributed by atoms with Gasteiger partial charge in [-0.05, 0) is 89.9 Å². The van der Waals surface area contributed by atoms with E-state index in [2.05, 4.69) is 98.9 Å². The fourth-order valence-electron chi connectivity index (χ4n) is 6.54. The van der Waals surface area contributed by atoms with Crippen LogP contribution in [0.4, 0.5) is 0 Å². The predicted molar refractivity (Wildman–Crippen MR) is 254 cm³/mol. The molecule has 2 unspecified atom stereocenters. The SMILES string of the molecule is CC/C=C/C/C=C/C/C=C/C/C=C/C/C=C/C/C=C/CCCCC(=O)OCC(COCCC(C(=O)[O-])[N+](C)(C)C)OC(=O)CCCCCCC/C=C/CCCCCCCCC. The van der Waals surface area contributed by atoms with E-state index in [1.807, 2.05) is 0 Å². The Morgan fingerprint density at radius 1 is 0.508 bits per heavy atom. The van der Waals surface area contributed by atoms with Gasteiger partial charge in [0.15, 0.2) is 6.10 Å². The Labute approximate surface area is 373 Å². The molecule has 0 aliphatic carbocycles. The van der Waals surface area contributed by atoms with Crippen LogP contribution in [0.2, 0.25) is 0 Å². The molecule has 0 fully saturated rings. The summed E-state index contributed by atoms with van der Waals surface area (Å²) in [5.74, 6) is -1.81. The van der Waals surface area contributed by atoms with E-state index in [1.165, 1.54) is 51.4 Å². The van der Waals surface area contributed by atoms with Gasteiger partial charge in [-0.2, -0.15) is 0 Å². The minimum absolute atomic E-state index is 0.0189. The van der Waals surface area contributed by atoms with Gasteiger partial charge in [-0.3, -0.25) is 9.59 Å². The molecule has 8 nitrogen and oxygen atoms in total. The van der Waals surface area contributed by atoms with Crippen LogP contribution in [-0.2, 0) is 28.6 Å². The number of carboxylic acid groups (broad SMARTS) is 1. The van der Waals surface area contributed by atoms with Crippen molar-refractivity contribution in [3.63, 3.8) is 0 Å². The number of unbranched alkanes of at least 4 members (excludes halogenated alkanes) is 14. The van der Waals surface area contributed by atoms with Gasteiger partial charge in [-0.25, -0.2) is 0 Å². The fraction of sp³-hybridized carbons (Fsp3) is 0.679. The number of ether oxygens (including phenoxy) is 3. The van der Waals surface area contributed by atoms with Gasteiger partial charge in [0.25, 0.3) is 0 Å². The number of aliphatic carboxylic acids is 1. The van der Waals surface area contributed by atoms with Crippen LogP contribution in [0.3, 0.4) is 0 Å². The molecule has 2 atom stereocenters. The highest BCUT2D eigenvalue weighted by atomic mass is 16.6. The van der Waals surface area contributed by atoms with Crippen molar-refractivity contribution in [2.75, 3.05) is 41.0 Å². The summed E-state index contributed by atoms with van der Waals surface area (Å²) in [5, 5.41) is 11.6. The second-order valence-electron chi connectivity index (χ2n) is 17.0. The van der Waals surface area contributed by atoms with Crippen LogP contribution < -0.4 is 5.11 Å². The largest absolute Gasteiger partial charge is 0.544 e. The zero-order chi connectivity index (χ0) is 44.9. The van der Waals surface area contributed by atoms with Crippen LogP contribution >= 0.6 is 0 Å². The molecule has 0 saturated heterocycles. The number of carbonyl (C=O) groups is 3. The van der Waals surface area contributed by atoms with Crippen molar-refractivity contribution in [3.05, 3.63) is 85.1 Å². The van der Waals surface area contributed by atoms with Crippen LogP contribution in [-0.4, -0.2) is 75.5 Å². The Bertz CT molecular complexity index is 1270. The highest BCUT2D eigenvalue weighted by Crippen LogP contribution is 2.13. The van der Waals surface area contributed by atoms with Crippen LogP contribution in [0.5, 0.6) is 0 Å². The quantitative estimate of drug-likeness (QED) is 0.0261. The smallest absolute Gasteiger partial charge is 0.306 e. The van der Waals surface area contributed by atoms with Gasteiger partial charge in [0, 0.05) is 19.3 Å². The van der Waals surface area contributed by atoms with E-state index in [0.29, 0.717) is 12.8 Å². The van der Waals surface area contributed by atoms with E-state index in [-0.39, 0.29) is 49.1 Å². The molecule has 0 aliphatic rings. The fourth-order valence-corrected chi connectivity index (χ4v) is 6.54. The highest BCUT2D eigenvalue weighted by molar-refractivity contribution is 5.70. The highest BCUT2D eigenvalue weighted by Gasteiger charge is 2.25. The van der Waals surface area contributed by atoms with Crippen LogP contribution in [0.15, 0.2) is 85.1 Å². The number of quaternary nitrogens is 1. The maximum absolute atomic E-state index is 12.7. The van der Waals surface area contributed by atoms with Gasteiger partial charge in [0.2, 0.25) is 0 Å². The van der Waals surface area contributed by atoms with Crippen molar-refractivity contribution in [2.24, 2.45) is 0 Å². The van der Waals surface area contributed by atoms with Gasteiger partial charge >= 0.3 is 11.9 Å². The maximum atomic E-state index is 12.7. The third kappa shape index (κ3) is 41.6. The van der Waals surface area contributed by atoms with Crippen LogP contribution in [0.25, 0.3) is 0 Å². The molecule has 0 radical (unpaired) electrons. The summed E-state index contributed by atoms with van der Waals surface area (Å²) in [4.78, 5) is 36.9. The molecule has 0 aliphatic heterocycles. The number of nitrogens with zero attached hydrogens (tertiary/aromatic N) is 1. The van der Waals surface area contributed by atoms with Crippen LogP contribution in [0.1, 0.15) is 181 Å². The number of carboxylic acids is 1. The average Bonchev–Trinajstić information content (AvgIpc) is 3.22. The molecule has 348 valence electrons. The topological polar surface area (TPSA) is 102 Å². The Hall–Kier alpha value is -3.49. The first-order chi connectivity index (χ1) is 29.6. The zero-order valence-corrected chi connectivity index (χ0v) is 39.5. The molecular formula is C53H89NO7. The molecule has 0 spiro atoms. The van der Waals surface area contributed by atoms with Gasteiger partial charge in [-0.15, -0.1) is 0 Å². The summed E-state index contributed by atoms with van der Waals surface area (Å²) >= 11 is 0. The predicted octanol–water partition coefficient (Wildman–Crippen LogP) is 12.4. The molecule has 0 amide bonds. The standard InChI is InChI=1S/C53H89NO7/c1-6-8-10-12-14-16-18-20-22-24-25-26-27-28-30-31-33-35-37-39-41-43-51(55)60-48-49(47-59-46-45-50(53(57)58)54(3,4)5)61-52(56)44-42-40-38-36-34-32-29-23-21-19-17-15-13-11-9-7-2/h8,10,14,16,20,22-23,25-26,28-30,33,35,49-50H,6-7,9,11-13,15,17-19,21,24,27,31-32,34,36-48H2,1-5H3/b10-8+,16-14+,22-20+,26-25+,29-23+,30-28+,35-33+. The van der Waals surface area contributed by atoms with Gasteiger partial charge in [0.05, 0.1) is 40.3 Å². The molecule has 0 N–H and O–H groups in total. The third-order valence-corrected chi connectivity index (χ3v) is 10.3. The monoisotopic (exact) mass is 852 g/mol. The molecule has 0 rings (SSSR count). The molecule has 61 heavy (non-hydrogen) atoms. The maximum Gasteiger partial charge on any atom is 0.306 e. The minimum atomic E-state index is -1.14. The Balaban J connectivity index is 4.40. The van der Waals surface area contributed by atoms with Crippen molar-refractivity contribution < 1.29 is 38.2 Å². The van der Waals surface area contributed by atoms with Crippen molar-refractivity contribution >= 4 is 17.9 Å². The number of allylic oxidation sites excluding steroid dienone is 14. The first-order valence-electron chi connectivity index (χ1n) is 24.1. The lowest BCUT2D eigenvalue weighted by molar-refractivity contribution is -0.889. The summed E-state index contributed by atoms with van der Waals surface area (Å²) in [6, 6.07) is -0.738. The lowest BCUT2D eigenvalue weighted by Crippen LogP contribution is -2.55. The summed E-state index contributed by atoms with van der Waals surface area (Å²) in [6.45, 7) is 4.48.